The number of rotatable bonds is 8. The first-order valence-electron chi connectivity index (χ1n) is 10.6. The van der Waals surface area contributed by atoms with Gasteiger partial charge >= 0.3 is 0 Å². The van der Waals surface area contributed by atoms with E-state index >= 15 is 0 Å². The number of thioether (sulfide) groups is 1. The molecular weight excluding hydrogens is 442 g/mol. The predicted octanol–water partition coefficient (Wildman–Crippen LogP) is 3.51. The quantitative estimate of drug-likeness (QED) is 0.593. The fourth-order valence-corrected chi connectivity index (χ4v) is 4.29. The van der Waals surface area contributed by atoms with Crippen LogP contribution in [0, 0.1) is 5.92 Å². The molecule has 2 aromatic rings. The topological polar surface area (TPSA) is 88.2 Å². The van der Waals surface area contributed by atoms with Crippen molar-refractivity contribution in [2.75, 3.05) is 46.7 Å². The second kappa shape index (κ2) is 11.1. The first-order valence-corrected chi connectivity index (χ1v) is 11.4. The van der Waals surface area contributed by atoms with Crippen molar-refractivity contribution in [1.82, 2.24) is 9.80 Å². The van der Waals surface area contributed by atoms with Crippen LogP contribution in [0.25, 0.3) is 0 Å². The molecule has 176 valence electrons. The Balaban J connectivity index is 1.59. The molecule has 1 fully saturated rings. The van der Waals surface area contributed by atoms with E-state index in [0.717, 1.165) is 17.3 Å². The van der Waals surface area contributed by atoms with Crippen LogP contribution in [0.1, 0.15) is 12.0 Å². The predicted molar refractivity (Wildman–Crippen MR) is 128 cm³/mol. The highest BCUT2D eigenvalue weighted by molar-refractivity contribution is 8.13. The zero-order valence-corrected chi connectivity index (χ0v) is 20.1. The number of carbonyl (C=O) groups excluding carboxylic acids is 3. The third-order valence-electron chi connectivity index (χ3n) is 5.41. The zero-order chi connectivity index (χ0) is 24.0. The summed E-state index contributed by atoms with van der Waals surface area (Å²) in [6.07, 6.45) is 0.816. The summed E-state index contributed by atoms with van der Waals surface area (Å²) in [5, 5.41) is 2.77. The molecule has 0 saturated carbocycles. The van der Waals surface area contributed by atoms with Gasteiger partial charge in [0.05, 0.1) is 25.8 Å². The number of benzene rings is 2. The highest BCUT2D eigenvalue weighted by Gasteiger charge is 2.34. The number of hydrogen-bond donors (Lipinski definition) is 1. The lowest BCUT2D eigenvalue weighted by atomic mass is 10.1. The largest absolute Gasteiger partial charge is 0.493 e. The molecule has 8 nitrogen and oxygen atoms in total. The summed E-state index contributed by atoms with van der Waals surface area (Å²) < 4.78 is 10.6. The average molecular weight is 472 g/mol. The Labute approximate surface area is 198 Å². The Hall–Kier alpha value is -3.20. The molecule has 1 aliphatic heterocycles. The summed E-state index contributed by atoms with van der Waals surface area (Å²) in [6, 6.07) is 12.8. The van der Waals surface area contributed by atoms with Crippen molar-refractivity contribution in [3.8, 4) is 11.5 Å². The standard InChI is InChI=1S/C24H29N3O5S/c1-26(2)24(30)33-21-8-6-5-7-18(21)25-23(29)17-14-22(28)27(15-17)12-11-16-9-10-19(31-3)20(13-16)32-4/h5-10,13,17H,11-12,14-15H2,1-4H3,(H,25,29). The molecule has 0 aliphatic carbocycles. The van der Waals surface area contributed by atoms with Crippen LogP contribution < -0.4 is 14.8 Å². The fraction of sp³-hybridized carbons (Fsp3) is 0.375. The molecular formula is C24H29N3O5S. The maximum atomic E-state index is 12.9. The van der Waals surface area contributed by atoms with Crippen molar-refractivity contribution in [1.29, 1.82) is 0 Å². The minimum Gasteiger partial charge on any atom is -0.493 e. The summed E-state index contributed by atoms with van der Waals surface area (Å²) in [7, 11) is 6.53. The Kier molecular flexibility index (Phi) is 8.21. The monoisotopic (exact) mass is 471 g/mol. The van der Waals surface area contributed by atoms with Crippen LogP contribution in [0.5, 0.6) is 11.5 Å². The summed E-state index contributed by atoms with van der Waals surface area (Å²) in [5.74, 6) is 0.596. The Morgan fingerprint density at radius 1 is 1.12 bits per heavy atom. The van der Waals surface area contributed by atoms with Gasteiger partial charge in [-0.2, -0.15) is 0 Å². The van der Waals surface area contributed by atoms with Crippen LogP contribution in [0.4, 0.5) is 10.5 Å². The molecule has 1 aliphatic rings. The van der Waals surface area contributed by atoms with Crippen LogP contribution in [0.3, 0.4) is 0 Å². The third kappa shape index (κ3) is 6.19. The molecule has 1 heterocycles. The number of nitrogens with one attached hydrogen (secondary N) is 1. The molecule has 0 radical (unpaired) electrons. The highest BCUT2D eigenvalue weighted by atomic mass is 32.2. The van der Waals surface area contributed by atoms with Gasteiger partial charge in [-0.25, -0.2) is 0 Å². The van der Waals surface area contributed by atoms with Crippen molar-refractivity contribution in [2.45, 2.75) is 17.7 Å². The van der Waals surface area contributed by atoms with Gasteiger partial charge in [0, 0.05) is 38.5 Å². The van der Waals surface area contributed by atoms with Crippen molar-refractivity contribution >= 4 is 34.5 Å². The van der Waals surface area contributed by atoms with E-state index in [4.69, 9.17) is 9.47 Å². The molecule has 3 amide bonds. The van der Waals surface area contributed by atoms with E-state index in [1.807, 2.05) is 24.3 Å². The van der Waals surface area contributed by atoms with Gasteiger partial charge in [-0.1, -0.05) is 18.2 Å². The van der Waals surface area contributed by atoms with E-state index in [1.54, 1.807) is 51.4 Å². The van der Waals surface area contributed by atoms with Gasteiger partial charge in [-0.3, -0.25) is 14.4 Å². The number of carbonyl (C=O) groups is 3. The second-order valence-electron chi connectivity index (χ2n) is 7.93. The maximum absolute atomic E-state index is 12.9. The molecule has 3 rings (SSSR count). The minimum absolute atomic E-state index is 0.0407. The van der Waals surface area contributed by atoms with Crippen molar-refractivity contribution in [3.63, 3.8) is 0 Å². The lowest BCUT2D eigenvalue weighted by Gasteiger charge is -2.18. The van der Waals surface area contributed by atoms with Crippen LogP contribution in [-0.4, -0.2) is 68.3 Å². The van der Waals surface area contributed by atoms with Gasteiger partial charge in [0.15, 0.2) is 11.5 Å². The molecule has 0 aromatic heterocycles. The number of likely N-dealkylation sites (tertiary alicyclic amines) is 1. The fourth-order valence-electron chi connectivity index (χ4n) is 3.54. The average Bonchev–Trinajstić information content (AvgIpc) is 3.19. The van der Waals surface area contributed by atoms with Crippen LogP contribution >= 0.6 is 11.8 Å². The van der Waals surface area contributed by atoms with E-state index in [-0.39, 0.29) is 23.5 Å². The summed E-state index contributed by atoms with van der Waals surface area (Å²) >= 11 is 1.05. The number of hydrogen-bond acceptors (Lipinski definition) is 6. The molecule has 1 unspecified atom stereocenters. The van der Waals surface area contributed by atoms with Crippen LogP contribution in [-0.2, 0) is 16.0 Å². The van der Waals surface area contributed by atoms with Gasteiger partial charge in [-0.05, 0) is 48.0 Å². The van der Waals surface area contributed by atoms with E-state index < -0.39 is 5.92 Å². The molecule has 1 N–H and O–H groups in total. The number of anilines is 1. The van der Waals surface area contributed by atoms with Gasteiger partial charge in [0.1, 0.15) is 0 Å². The Morgan fingerprint density at radius 3 is 2.55 bits per heavy atom. The number of nitrogens with zero attached hydrogens (tertiary/aromatic N) is 2. The zero-order valence-electron chi connectivity index (χ0n) is 19.3. The molecule has 0 spiro atoms. The first-order chi connectivity index (χ1) is 15.8. The first kappa shape index (κ1) is 24.4. The third-order valence-corrected chi connectivity index (χ3v) is 6.53. The molecule has 9 heteroatoms. The maximum Gasteiger partial charge on any atom is 0.286 e. The molecule has 1 saturated heterocycles. The number of amides is 3. The Morgan fingerprint density at radius 2 is 1.85 bits per heavy atom. The van der Waals surface area contributed by atoms with E-state index in [9.17, 15) is 14.4 Å². The minimum atomic E-state index is -0.439. The summed E-state index contributed by atoms with van der Waals surface area (Å²) in [4.78, 5) is 41.3. The molecule has 33 heavy (non-hydrogen) atoms. The second-order valence-corrected chi connectivity index (χ2v) is 8.92. The van der Waals surface area contributed by atoms with Gasteiger partial charge in [-0.15, -0.1) is 0 Å². The lowest BCUT2D eigenvalue weighted by molar-refractivity contribution is -0.128. The molecule has 0 bridgehead atoms. The highest BCUT2D eigenvalue weighted by Crippen LogP contribution is 2.30. The number of ether oxygens (including phenoxy) is 2. The SMILES string of the molecule is COc1ccc(CCN2CC(C(=O)Nc3ccccc3SC(=O)N(C)C)CC2=O)cc1OC. The van der Waals surface area contributed by atoms with Gasteiger partial charge in [0.2, 0.25) is 11.8 Å². The smallest absolute Gasteiger partial charge is 0.286 e. The van der Waals surface area contributed by atoms with Crippen molar-refractivity contribution in [3.05, 3.63) is 48.0 Å². The van der Waals surface area contributed by atoms with Gasteiger partial charge < -0.3 is 24.6 Å². The Bertz CT molecular complexity index is 1030. The van der Waals surface area contributed by atoms with E-state index in [1.165, 1.54) is 4.90 Å². The molecule has 2 aromatic carbocycles. The summed E-state index contributed by atoms with van der Waals surface area (Å²) in [5.41, 5.74) is 1.59. The number of para-hydroxylation sites is 1. The lowest BCUT2D eigenvalue weighted by Crippen LogP contribution is -2.30. The van der Waals surface area contributed by atoms with Gasteiger partial charge in [0.25, 0.3) is 5.24 Å². The van der Waals surface area contributed by atoms with Crippen molar-refractivity contribution in [2.24, 2.45) is 5.92 Å². The normalized spacial score (nSPS) is 15.3. The van der Waals surface area contributed by atoms with Crippen LogP contribution in [0.15, 0.2) is 47.4 Å². The van der Waals surface area contributed by atoms with E-state index in [0.29, 0.717) is 41.6 Å². The summed E-state index contributed by atoms with van der Waals surface area (Å²) in [6.45, 7) is 0.881. The van der Waals surface area contributed by atoms with Crippen LogP contribution in [0.2, 0.25) is 0 Å². The van der Waals surface area contributed by atoms with Crippen molar-refractivity contribution < 1.29 is 23.9 Å². The van der Waals surface area contributed by atoms with E-state index in [2.05, 4.69) is 5.32 Å². The number of methoxy groups -OCH3 is 2. The molecule has 1 atom stereocenters.